The molecule has 0 fully saturated rings. The first-order valence-electron chi connectivity index (χ1n) is 7.36. The molecule has 2 rings (SSSR count). The Labute approximate surface area is 126 Å². The van der Waals surface area contributed by atoms with Crippen LogP contribution in [0.15, 0.2) is 54.6 Å². The van der Waals surface area contributed by atoms with Gasteiger partial charge in [-0.3, -0.25) is 4.79 Å². The van der Waals surface area contributed by atoms with Crippen molar-refractivity contribution in [3.8, 4) is 0 Å². The number of anilines is 1. The highest BCUT2D eigenvalue weighted by Gasteiger charge is 2.12. The van der Waals surface area contributed by atoms with Crippen LogP contribution >= 0.6 is 0 Å². The van der Waals surface area contributed by atoms with Crippen molar-refractivity contribution in [3.63, 3.8) is 0 Å². The van der Waals surface area contributed by atoms with Crippen LogP contribution in [0.5, 0.6) is 0 Å². The second kappa shape index (κ2) is 7.60. The molecule has 2 N–H and O–H groups in total. The Morgan fingerprint density at radius 3 is 2.29 bits per heavy atom. The summed E-state index contributed by atoms with van der Waals surface area (Å²) in [6.45, 7) is 4.67. The molecule has 21 heavy (non-hydrogen) atoms. The zero-order valence-corrected chi connectivity index (χ0v) is 12.6. The molecular weight excluding hydrogens is 260 g/mol. The van der Waals surface area contributed by atoms with Gasteiger partial charge in [-0.05, 0) is 36.6 Å². The van der Waals surface area contributed by atoms with Crippen LogP contribution in [0.3, 0.4) is 0 Å². The summed E-state index contributed by atoms with van der Waals surface area (Å²) in [6, 6.07) is 17.8. The van der Waals surface area contributed by atoms with E-state index in [1.807, 2.05) is 61.5 Å². The van der Waals surface area contributed by atoms with Gasteiger partial charge in [0.2, 0.25) is 5.91 Å². The Kier molecular flexibility index (Phi) is 5.52. The second-order valence-corrected chi connectivity index (χ2v) is 5.13. The Balaban J connectivity index is 1.84. The van der Waals surface area contributed by atoms with E-state index in [0.29, 0.717) is 6.54 Å². The highest BCUT2D eigenvalue weighted by atomic mass is 16.2. The van der Waals surface area contributed by atoms with Crippen molar-refractivity contribution in [2.24, 2.45) is 0 Å². The van der Waals surface area contributed by atoms with Crippen molar-refractivity contribution in [3.05, 3.63) is 65.7 Å². The minimum Gasteiger partial charge on any atom is -0.325 e. The third-order valence-electron chi connectivity index (χ3n) is 3.48. The lowest BCUT2D eigenvalue weighted by Crippen LogP contribution is -2.37. The molecular formula is C18H22N2O. The highest BCUT2D eigenvalue weighted by Crippen LogP contribution is 2.10. The predicted molar refractivity (Wildman–Crippen MR) is 87.2 cm³/mol. The van der Waals surface area contributed by atoms with E-state index in [9.17, 15) is 4.79 Å². The molecule has 0 radical (unpaired) electrons. The van der Waals surface area contributed by atoms with Crippen molar-refractivity contribution >= 4 is 11.6 Å². The van der Waals surface area contributed by atoms with Crippen LogP contribution in [-0.4, -0.2) is 11.9 Å². The summed E-state index contributed by atoms with van der Waals surface area (Å²) in [6.07, 6.45) is 1.00. The molecule has 1 amide bonds. The predicted octanol–water partition coefficient (Wildman–Crippen LogP) is 3.37. The van der Waals surface area contributed by atoms with Gasteiger partial charge in [-0.15, -0.1) is 0 Å². The number of benzene rings is 2. The molecule has 0 aliphatic carbocycles. The fraction of sp³-hybridized carbons (Fsp3) is 0.278. The Bertz CT molecular complexity index is 564. The van der Waals surface area contributed by atoms with Crippen molar-refractivity contribution < 1.29 is 4.79 Å². The van der Waals surface area contributed by atoms with Gasteiger partial charge in [-0.1, -0.05) is 49.4 Å². The quantitative estimate of drug-likeness (QED) is 0.853. The molecule has 2 aromatic carbocycles. The third kappa shape index (κ3) is 4.72. The van der Waals surface area contributed by atoms with E-state index in [0.717, 1.165) is 12.1 Å². The molecule has 0 bridgehead atoms. The standard InChI is InChI=1S/C18H22N2O/c1-3-15-9-11-17(12-10-15)20-18(21)14(2)19-13-16-7-5-4-6-8-16/h4-12,14,19H,3,13H2,1-2H3,(H,20,21)/t14-/m0/s1. The fourth-order valence-corrected chi connectivity index (χ4v) is 2.03. The topological polar surface area (TPSA) is 41.1 Å². The van der Waals surface area contributed by atoms with E-state index in [1.165, 1.54) is 11.1 Å². The van der Waals surface area contributed by atoms with Crippen molar-refractivity contribution in [2.75, 3.05) is 5.32 Å². The average Bonchev–Trinajstić information content (AvgIpc) is 2.54. The van der Waals surface area contributed by atoms with Crippen LogP contribution in [0.4, 0.5) is 5.69 Å². The molecule has 3 nitrogen and oxygen atoms in total. The van der Waals surface area contributed by atoms with Crippen LogP contribution < -0.4 is 10.6 Å². The summed E-state index contributed by atoms with van der Waals surface area (Å²) < 4.78 is 0. The molecule has 0 saturated carbocycles. The van der Waals surface area contributed by atoms with E-state index in [-0.39, 0.29) is 11.9 Å². The number of hydrogen-bond donors (Lipinski definition) is 2. The van der Waals surface area contributed by atoms with Crippen molar-refractivity contribution in [1.82, 2.24) is 5.32 Å². The molecule has 0 aromatic heterocycles. The normalized spacial score (nSPS) is 11.9. The lowest BCUT2D eigenvalue weighted by Gasteiger charge is -2.14. The SMILES string of the molecule is CCc1ccc(NC(=O)[C@H](C)NCc2ccccc2)cc1. The lowest BCUT2D eigenvalue weighted by molar-refractivity contribution is -0.117. The Hall–Kier alpha value is -2.13. The Morgan fingerprint density at radius 2 is 1.67 bits per heavy atom. The highest BCUT2D eigenvalue weighted by molar-refractivity contribution is 5.94. The smallest absolute Gasteiger partial charge is 0.241 e. The van der Waals surface area contributed by atoms with E-state index in [4.69, 9.17) is 0 Å². The number of aryl methyl sites for hydroxylation is 1. The van der Waals surface area contributed by atoms with Gasteiger partial charge in [-0.2, -0.15) is 0 Å². The van der Waals surface area contributed by atoms with Gasteiger partial charge in [0, 0.05) is 12.2 Å². The van der Waals surface area contributed by atoms with E-state index in [2.05, 4.69) is 17.6 Å². The van der Waals surface area contributed by atoms with Crippen molar-refractivity contribution in [2.45, 2.75) is 32.9 Å². The zero-order chi connectivity index (χ0) is 15.1. The first-order chi connectivity index (χ1) is 10.2. The number of carbonyl (C=O) groups excluding carboxylic acids is 1. The molecule has 1 atom stereocenters. The molecule has 0 saturated heterocycles. The number of rotatable bonds is 6. The minimum atomic E-state index is -0.240. The van der Waals surface area contributed by atoms with E-state index >= 15 is 0 Å². The van der Waals surface area contributed by atoms with Gasteiger partial charge in [0.05, 0.1) is 6.04 Å². The van der Waals surface area contributed by atoms with Gasteiger partial charge in [-0.25, -0.2) is 0 Å². The molecule has 0 heterocycles. The fourth-order valence-electron chi connectivity index (χ4n) is 2.03. The summed E-state index contributed by atoms with van der Waals surface area (Å²) in [7, 11) is 0. The molecule has 2 aromatic rings. The molecule has 3 heteroatoms. The largest absolute Gasteiger partial charge is 0.325 e. The summed E-state index contributed by atoms with van der Waals surface area (Å²) in [5, 5.41) is 6.16. The Morgan fingerprint density at radius 1 is 1.00 bits per heavy atom. The van der Waals surface area contributed by atoms with Gasteiger partial charge in [0.1, 0.15) is 0 Å². The first-order valence-corrected chi connectivity index (χ1v) is 7.36. The van der Waals surface area contributed by atoms with Crippen LogP contribution in [0.25, 0.3) is 0 Å². The lowest BCUT2D eigenvalue weighted by atomic mass is 10.1. The molecule has 0 aliphatic heterocycles. The number of nitrogens with one attached hydrogen (secondary N) is 2. The molecule has 0 unspecified atom stereocenters. The number of hydrogen-bond acceptors (Lipinski definition) is 2. The summed E-state index contributed by atoms with van der Waals surface area (Å²) in [5.74, 6) is -0.0184. The van der Waals surface area contributed by atoms with Gasteiger partial charge in [0.25, 0.3) is 0 Å². The van der Waals surface area contributed by atoms with Crippen LogP contribution in [0, 0.1) is 0 Å². The maximum atomic E-state index is 12.1. The maximum absolute atomic E-state index is 12.1. The van der Waals surface area contributed by atoms with Gasteiger partial charge in [0.15, 0.2) is 0 Å². The molecule has 110 valence electrons. The number of carbonyl (C=O) groups is 1. The molecule has 0 aliphatic rings. The van der Waals surface area contributed by atoms with Gasteiger partial charge < -0.3 is 10.6 Å². The van der Waals surface area contributed by atoms with E-state index < -0.39 is 0 Å². The number of amides is 1. The summed E-state index contributed by atoms with van der Waals surface area (Å²) >= 11 is 0. The second-order valence-electron chi connectivity index (χ2n) is 5.13. The van der Waals surface area contributed by atoms with E-state index in [1.54, 1.807) is 0 Å². The zero-order valence-electron chi connectivity index (χ0n) is 12.6. The summed E-state index contributed by atoms with van der Waals surface area (Å²) in [4.78, 5) is 12.1. The summed E-state index contributed by atoms with van der Waals surface area (Å²) in [5.41, 5.74) is 3.28. The van der Waals surface area contributed by atoms with Crippen LogP contribution in [0.2, 0.25) is 0 Å². The van der Waals surface area contributed by atoms with Crippen molar-refractivity contribution in [1.29, 1.82) is 0 Å². The van der Waals surface area contributed by atoms with Crippen LogP contribution in [0.1, 0.15) is 25.0 Å². The average molecular weight is 282 g/mol. The minimum absolute atomic E-state index is 0.0184. The molecule has 0 spiro atoms. The third-order valence-corrected chi connectivity index (χ3v) is 3.48. The maximum Gasteiger partial charge on any atom is 0.241 e. The van der Waals surface area contributed by atoms with Gasteiger partial charge >= 0.3 is 0 Å². The monoisotopic (exact) mass is 282 g/mol. The van der Waals surface area contributed by atoms with Crippen LogP contribution in [-0.2, 0) is 17.8 Å². The first kappa shape index (κ1) is 15.3.